The molecule has 0 spiro atoms. The van der Waals surface area contributed by atoms with Gasteiger partial charge in [0.25, 0.3) is 0 Å². The highest BCUT2D eigenvalue weighted by Gasteiger charge is 2.33. The van der Waals surface area contributed by atoms with Gasteiger partial charge in [0, 0.05) is 13.1 Å². The molecule has 0 bridgehead atoms. The van der Waals surface area contributed by atoms with Crippen LogP contribution in [0.3, 0.4) is 0 Å². The van der Waals surface area contributed by atoms with E-state index in [4.69, 9.17) is 0 Å². The molecule has 26 heavy (non-hydrogen) atoms. The van der Waals surface area contributed by atoms with Gasteiger partial charge in [0.1, 0.15) is 0 Å². The van der Waals surface area contributed by atoms with Crippen molar-refractivity contribution in [2.75, 3.05) is 26.2 Å². The second kappa shape index (κ2) is 10.2. The van der Waals surface area contributed by atoms with E-state index >= 15 is 0 Å². The Morgan fingerprint density at radius 1 is 1.27 bits per heavy atom. The lowest BCUT2D eigenvalue weighted by molar-refractivity contribution is -0.138. The normalized spacial score (nSPS) is 16.9. The predicted octanol–water partition coefficient (Wildman–Crippen LogP) is 4.47. The lowest BCUT2D eigenvalue weighted by Crippen LogP contribution is -2.42. The van der Waals surface area contributed by atoms with Crippen molar-refractivity contribution in [2.45, 2.75) is 45.2 Å². The van der Waals surface area contributed by atoms with E-state index in [1.165, 1.54) is 6.07 Å². The summed E-state index contributed by atoms with van der Waals surface area (Å²) < 4.78 is 38.8. The molecule has 0 saturated carbocycles. The highest BCUT2D eigenvalue weighted by atomic mass is 35.5. The smallest absolute Gasteiger partial charge is 0.342 e. The molecule has 3 nitrogen and oxygen atoms in total. The molecule has 1 saturated heterocycles. The molecule has 1 amide bonds. The van der Waals surface area contributed by atoms with Crippen molar-refractivity contribution in [3.05, 3.63) is 35.4 Å². The first-order valence-corrected chi connectivity index (χ1v) is 9.03. The average molecular weight is 393 g/mol. The number of piperidine rings is 1. The third kappa shape index (κ3) is 5.88. The Bertz CT molecular complexity index is 572. The van der Waals surface area contributed by atoms with Crippen molar-refractivity contribution < 1.29 is 18.0 Å². The summed E-state index contributed by atoms with van der Waals surface area (Å²) in [6.45, 7) is 7.19. The molecule has 7 heteroatoms. The van der Waals surface area contributed by atoms with Gasteiger partial charge in [0.05, 0.1) is 11.5 Å². The number of halogens is 4. The number of rotatable bonds is 6. The van der Waals surface area contributed by atoms with Gasteiger partial charge in [0.15, 0.2) is 0 Å². The largest absolute Gasteiger partial charge is 0.416 e. The van der Waals surface area contributed by atoms with Gasteiger partial charge in [0.2, 0.25) is 5.91 Å². The van der Waals surface area contributed by atoms with Crippen molar-refractivity contribution in [3.63, 3.8) is 0 Å². The van der Waals surface area contributed by atoms with E-state index in [1.807, 2.05) is 11.8 Å². The monoisotopic (exact) mass is 392 g/mol. The molecular formula is C19H28ClF3N2O. The van der Waals surface area contributed by atoms with E-state index < -0.39 is 17.7 Å². The number of likely N-dealkylation sites (tertiary alicyclic amines) is 1. The number of amides is 1. The molecule has 148 valence electrons. The van der Waals surface area contributed by atoms with E-state index in [9.17, 15) is 18.0 Å². The summed E-state index contributed by atoms with van der Waals surface area (Å²) in [5.74, 6) is 0.00831. The van der Waals surface area contributed by atoms with E-state index in [0.29, 0.717) is 31.0 Å². The van der Waals surface area contributed by atoms with Crippen molar-refractivity contribution in [1.29, 1.82) is 0 Å². The minimum atomic E-state index is -4.39. The third-order valence-corrected chi connectivity index (χ3v) is 4.93. The Balaban J connectivity index is 0.00000338. The van der Waals surface area contributed by atoms with E-state index in [0.717, 1.165) is 38.1 Å². The van der Waals surface area contributed by atoms with Crippen LogP contribution in [0.15, 0.2) is 24.3 Å². The Morgan fingerprint density at radius 2 is 1.92 bits per heavy atom. The molecule has 1 aliphatic rings. The van der Waals surface area contributed by atoms with Gasteiger partial charge in [-0.1, -0.05) is 32.0 Å². The quantitative estimate of drug-likeness (QED) is 0.774. The standard InChI is InChI=1S/C19H27F3N2O.ClH/c1-3-17(15-6-5-7-16(12-15)19(20,21)22)18(25)24-10-8-14(9-11-24)13-23-4-2;/h5-7,12,14,17,23H,3-4,8-11,13H2,1-2H3;1H. The number of hydrogen-bond acceptors (Lipinski definition) is 2. The van der Waals surface area contributed by atoms with Crippen molar-refractivity contribution in [1.82, 2.24) is 10.2 Å². The summed E-state index contributed by atoms with van der Waals surface area (Å²) in [4.78, 5) is 14.7. The van der Waals surface area contributed by atoms with E-state index in [1.54, 1.807) is 6.07 Å². The van der Waals surface area contributed by atoms with Crippen LogP contribution < -0.4 is 5.32 Å². The average Bonchev–Trinajstić information content (AvgIpc) is 2.60. The van der Waals surface area contributed by atoms with Gasteiger partial charge in [-0.3, -0.25) is 4.79 Å². The molecule has 0 aliphatic carbocycles. The zero-order valence-electron chi connectivity index (χ0n) is 15.3. The number of carbonyl (C=O) groups excluding carboxylic acids is 1. The molecular weight excluding hydrogens is 365 g/mol. The van der Waals surface area contributed by atoms with Crippen LogP contribution in [-0.2, 0) is 11.0 Å². The molecule has 1 unspecified atom stereocenters. The molecule has 1 N–H and O–H groups in total. The maximum atomic E-state index is 12.9. The summed E-state index contributed by atoms with van der Waals surface area (Å²) >= 11 is 0. The van der Waals surface area contributed by atoms with Gasteiger partial charge in [-0.25, -0.2) is 0 Å². The molecule has 1 aromatic rings. The first kappa shape index (κ1) is 22.8. The summed E-state index contributed by atoms with van der Waals surface area (Å²) in [5.41, 5.74) is -0.238. The Hall–Kier alpha value is -1.27. The number of nitrogens with zero attached hydrogens (tertiary/aromatic N) is 1. The lowest BCUT2D eigenvalue weighted by Gasteiger charge is -2.34. The van der Waals surface area contributed by atoms with Gasteiger partial charge < -0.3 is 10.2 Å². The maximum Gasteiger partial charge on any atom is 0.416 e. The lowest BCUT2D eigenvalue weighted by atomic mass is 9.91. The van der Waals surface area contributed by atoms with Gasteiger partial charge in [-0.05, 0) is 49.9 Å². The Morgan fingerprint density at radius 3 is 2.46 bits per heavy atom. The Labute approximate surface area is 159 Å². The highest BCUT2D eigenvalue weighted by molar-refractivity contribution is 5.85. The van der Waals surface area contributed by atoms with Crippen LogP contribution in [0.1, 0.15) is 50.2 Å². The van der Waals surface area contributed by atoms with Crippen LogP contribution in [0.4, 0.5) is 13.2 Å². The molecule has 0 radical (unpaired) electrons. The summed E-state index contributed by atoms with van der Waals surface area (Å²) in [6, 6.07) is 5.17. The number of carbonyl (C=O) groups is 1. The fourth-order valence-corrected chi connectivity index (χ4v) is 3.41. The van der Waals surface area contributed by atoms with Crippen molar-refractivity contribution in [2.24, 2.45) is 5.92 Å². The minimum absolute atomic E-state index is 0. The van der Waals surface area contributed by atoms with Gasteiger partial charge in [-0.15, -0.1) is 12.4 Å². The second-order valence-corrected chi connectivity index (χ2v) is 6.66. The summed E-state index contributed by atoms with van der Waals surface area (Å²) in [6.07, 6.45) is -2.00. The zero-order chi connectivity index (χ0) is 18.4. The minimum Gasteiger partial charge on any atom is -0.342 e. The van der Waals surface area contributed by atoms with Crippen molar-refractivity contribution >= 4 is 18.3 Å². The van der Waals surface area contributed by atoms with Crippen LogP contribution in [-0.4, -0.2) is 37.0 Å². The number of alkyl halides is 3. The second-order valence-electron chi connectivity index (χ2n) is 6.66. The van der Waals surface area contributed by atoms with Crippen LogP contribution >= 0.6 is 12.4 Å². The SMILES string of the molecule is CCNCC1CCN(C(=O)C(CC)c2cccc(C(F)(F)F)c2)CC1.Cl. The van der Waals surface area contributed by atoms with Crippen molar-refractivity contribution in [3.8, 4) is 0 Å². The van der Waals surface area contributed by atoms with Gasteiger partial charge in [-0.2, -0.15) is 13.2 Å². The molecule has 1 fully saturated rings. The third-order valence-electron chi connectivity index (χ3n) is 4.93. The predicted molar refractivity (Wildman–Crippen MR) is 99.6 cm³/mol. The molecule has 1 aliphatic heterocycles. The molecule has 2 rings (SSSR count). The van der Waals surface area contributed by atoms with Crippen LogP contribution in [0, 0.1) is 5.92 Å². The molecule has 1 heterocycles. The molecule has 0 aromatic heterocycles. The topological polar surface area (TPSA) is 32.3 Å². The van der Waals surface area contributed by atoms with E-state index in [-0.39, 0.29) is 18.3 Å². The summed E-state index contributed by atoms with van der Waals surface area (Å²) in [7, 11) is 0. The van der Waals surface area contributed by atoms with Crippen LogP contribution in [0.2, 0.25) is 0 Å². The van der Waals surface area contributed by atoms with Crippen LogP contribution in [0.25, 0.3) is 0 Å². The number of hydrogen-bond donors (Lipinski definition) is 1. The fourth-order valence-electron chi connectivity index (χ4n) is 3.41. The zero-order valence-corrected chi connectivity index (χ0v) is 16.1. The van der Waals surface area contributed by atoms with Crippen LogP contribution in [0.5, 0.6) is 0 Å². The first-order chi connectivity index (χ1) is 11.9. The maximum absolute atomic E-state index is 12.9. The number of nitrogens with one attached hydrogen (secondary N) is 1. The van der Waals surface area contributed by atoms with E-state index in [2.05, 4.69) is 12.2 Å². The highest BCUT2D eigenvalue weighted by Crippen LogP contribution is 2.32. The first-order valence-electron chi connectivity index (χ1n) is 9.03. The fraction of sp³-hybridized carbons (Fsp3) is 0.632. The molecule has 1 aromatic carbocycles. The summed E-state index contributed by atoms with van der Waals surface area (Å²) in [5, 5.41) is 3.33. The molecule has 1 atom stereocenters. The Kier molecular flexibility index (Phi) is 8.90. The number of benzene rings is 1. The van der Waals surface area contributed by atoms with Gasteiger partial charge >= 0.3 is 6.18 Å².